The predicted molar refractivity (Wildman–Crippen MR) is 135 cm³/mol. The monoisotopic (exact) mass is 493 g/mol. The number of amides is 2. The van der Waals surface area contributed by atoms with E-state index < -0.39 is 0 Å². The van der Waals surface area contributed by atoms with Crippen molar-refractivity contribution in [2.24, 2.45) is 0 Å². The number of hydrogen-bond acceptors (Lipinski definition) is 4. The number of fused-ring (bicyclic) bond motifs is 1. The van der Waals surface area contributed by atoms with Gasteiger partial charge >= 0.3 is 0 Å². The zero-order valence-electron chi connectivity index (χ0n) is 18.1. The molecule has 1 aliphatic heterocycles. The van der Waals surface area contributed by atoms with Gasteiger partial charge in [0.2, 0.25) is 0 Å². The van der Waals surface area contributed by atoms with E-state index in [4.69, 9.17) is 27.6 Å². The van der Waals surface area contributed by atoms with Crippen molar-refractivity contribution in [2.75, 3.05) is 36.4 Å². The second kappa shape index (κ2) is 9.41. The van der Waals surface area contributed by atoms with E-state index in [9.17, 15) is 9.59 Å². The summed E-state index contributed by atoms with van der Waals surface area (Å²) in [7, 11) is 0. The maximum absolute atomic E-state index is 12.9. The molecule has 1 aromatic heterocycles. The van der Waals surface area contributed by atoms with Gasteiger partial charge < -0.3 is 19.5 Å². The van der Waals surface area contributed by atoms with Crippen molar-refractivity contribution in [3.63, 3.8) is 0 Å². The van der Waals surface area contributed by atoms with Crippen LogP contribution >= 0.6 is 23.2 Å². The summed E-state index contributed by atoms with van der Waals surface area (Å²) in [4.78, 5) is 29.4. The van der Waals surface area contributed by atoms with Gasteiger partial charge in [-0.1, -0.05) is 47.5 Å². The Hall–Kier alpha value is -3.48. The summed E-state index contributed by atoms with van der Waals surface area (Å²) < 4.78 is 5.73. The van der Waals surface area contributed by atoms with E-state index >= 15 is 0 Å². The molecule has 1 aliphatic rings. The minimum atomic E-state index is -0.321. The minimum absolute atomic E-state index is 0.0893. The van der Waals surface area contributed by atoms with Gasteiger partial charge in [0.25, 0.3) is 11.8 Å². The van der Waals surface area contributed by atoms with E-state index in [1.165, 1.54) is 0 Å². The summed E-state index contributed by atoms with van der Waals surface area (Å²) in [5.41, 5.74) is 2.72. The van der Waals surface area contributed by atoms with E-state index in [1.54, 1.807) is 24.3 Å². The lowest BCUT2D eigenvalue weighted by atomic mass is 10.2. The molecule has 1 saturated heterocycles. The fraction of sp³-hybridized carbons (Fsp3) is 0.154. The third-order valence-corrected chi connectivity index (χ3v) is 6.71. The number of nitrogens with zero attached hydrogens (tertiary/aromatic N) is 2. The van der Waals surface area contributed by atoms with Crippen LogP contribution in [0.1, 0.15) is 20.9 Å². The standard InChI is InChI=1S/C26H21Cl2N3O3/c27-21-6-3-5-20(24(21)28)25(32)29-18-8-10-19(11-9-18)30-12-14-31(15-13-30)26(33)23-16-17-4-1-2-7-22(17)34-23/h1-11,16H,12-15H2,(H,29,32). The summed E-state index contributed by atoms with van der Waals surface area (Å²) in [5, 5.41) is 4.33. The fourth-order valence-electron chi connectivity index (χ4n) is 4.04. The van der Waals surface area contributed by atoms with Crippen molar-refractivity contribution in [1.82, 2.24) is 4.90 Å². The molecule has 0 unspecified atom stereocenters. The normalized spacial score (nSPS) is 13.8. The Morgan fingerprint density at radius 3 is 2.32 bits per heavy atom. The Bertz CT molecular complexity index is 1330. The highest BCUT2D eigenvalue weighted by molar-refractivity contribution is 6.44. The summed E-state index contributed by atoms with van der Waals surface area (Å²) in [5.74, 6) is -0.0406. The average molecular weight is 494 g/mol. The summed E-state index contributed by atoms with van der Waals surface area (Å²) in [6, 6.07) is 22.0. The number of nitrogens with one attached hydrogen (secondary N) is 1. The van der Waals surface area contributed by atoms with E-state index in [-0.39, 0.29) is 16.8 Å². The second-order valence-electron chi connectivity index (χ2n) is 8.03. The molecule has 2 heterocycles. The molecular weight excluding hydrogens is 473 g/mol. The number of piperazine rings is 1. The SMILES string of the molecule is O=C(Nc1ccc(N2CCN(C(=O)c3cc4ccccc4o3)CC2)cc1)c1cccc(Cl)c1Cl. The number of rotatable bonds is 4. The zero-order chi connectivity index (χ0) is 23.7. The third kappa shape index (κ3) is 4.47. The Balaban J connectivity index is 1.19. The van der Waals surface area contributed by atoms with Gasteiger partial charge in [-0.3, -0.25) is 9.59 Å². The van der Waals surface area contributed by atoms with Gasteiger partial charge in [-0.05, 0) is 48.5 Å². The molecule has 0 atom stereocenters. The first kappa shape index (κ1) is 22.3. The van der Waals surface area contributed by atoms with Crippen molar-refractivity contribution in [3.05, 3.63) is 94.2 Å². The van der Waals surface area contributed by atoms with Crippen molar-refractivity contribution in [3.8, 4) is 0 Å². The van der Waals surface area contributed by atoms with Crippen molar-refractivity contribution in [2.45, 2.75) is 0 Å². The quantitative estimate of drug-likeness (QED) is 0.381. The van der Waals surface area contributed by atoms with Crippen LogP contribution in [0.5, 0.6) is 0 Å². The number of halogens is 2. The Kier molecular flexibility index (Phi) is 6.18. The number of anilines is 2. The van der Waals surface area contributed by atoms with E-state index in [2.05, 4.69) is 10.2 Å². The molecule has 8 heteroatoms. The predicted octanol–water partition coefficient (Wildman–Crippen LogP) is 5.95. The minimum Gasteiger partial charge on any atom is -0.451 e. The lowest BCUT2D eigenvalue weighted by molar-refractivity contribution is 0.0717. The Morgan fingerprint density at radius 2 is 1.59 bits per heavy atom. The first-order valence-electron chi connectivity index (χ1n) is 10.9. The van der Waals surface area contributed by atoms with Crippen LogP contribution in [0.3, 0.4) is 0 Å². The molecule has 0 spiro atoms. The highest BCUT2D eigenvalue weighted by atomic mass is 35.5. The molecule has 0 saturated carbocycles. The van der Waals surface area contributed by atoms with E-state index in [1.807, 2.05) is 53.4 Å². The lowest BCUT2D eigenvalue weighted by Gasteiger charge is -2.35. The number of hydrogen-bond donors (Lipinski definition) is 1. The van der Waals surface area contributed by atoms with E-state index in [0.717, 1.165) is 11.1 Å². The van der Waals surface area contributed by atoms with Gasteiger partial charge in [0.05, 0.1) is 15.6 Å². The maximum Gasteiger partial charge on any atom is 0.289 e. The molecule has 0 bridgehead atoms. The van der Waals surface area contributed by atoms with Gasteiger partial charge in [-0.25, -0.2) is 0 Å². The summed E-state index contributed by atoms with van der Waals surface area (Å²) >= 11 is 12.1. The topological polar surface area (TPSA) is 65.8 Å². The van der Waals surface area contributed by atoms with Gasteiger partial charge in [-0.2, -0.15) is 0 Å². The highest BCUT2D eigenvalue weighted by Gasteiger charge is 2.25. The zero-order valence-corrected chi connectivity index (χ0v) is 19.6. The fourth-order valence-corrected chi connectivity index (χ4v) is 4.43. The number of carbonyl (C=O) groups is 2. The van der Waals surface area contributed by atoms with Gasteiger partial charge in [0, 0.05) is 42.9 Å². The van der Waals surface area contributed by atoms with Crippen LogP contribution in [-0.2, 0) is 0 Å². The first-order valence-corrected chi connectivity index (χ1v) is 11.6. The van der Waals surface area contributed by atoms with Gasteiger partial charge in [0.1, 0.15) is 5.58 Å². The summed E-state index contributed by atoms with van der Waals surface area (Å²) in [6.07, 6.45) is 0. The maximum atomic E-state index is 12.9. The molecule has 6 nitrogen and oxygen atoms in total. The molecule has 2 amide bonds. The summed E-state index contributed by atoms with van der Waals surface area (Å²) in [6.45, 7) is 2.61. The second-order valence-corrected chi connectivity index (χ2v) is 8.82. The largest absolute Gasteiger partial charge is 0.451 e. The highest BCUT2D eigenvalue weighted by Crippen LogP contribution is 2.27. The Labute approximate surface area is 206 Å². The smallest absolute Gasteiger partial charge is 0.289 e. The van der Waals surface area contributed by atoms with Crippen LogP contribution in [0.15, 0.2) is 77.2 Å². The van der Waals surface area contributed by atoms with Crippen LogP contribution in [-0.4, -0.2) is 42.9 Å². The molecule has 0 radical (unpaired) electrons. The van der Waals surface area contributed by atoms with Crippen LogP contribution in [0, 0.1) is 0 Å². The molecule has 1 fully saturated rings. The van der Waals surface area contributed by atoms with Crippen LogP contribution in [0.2, 0.25) is 10.0 Å². The van der Waals surface area contributed by atoms with E-state index in [0.29, 0.717) is 53.8 Å². The number of carbonyl (C=O) groups excluding carboxylic acids is 2. The molecular formula is C26H21Cl2N3O3. The molecule has 172 valence electrons. The lowest BCUT2D eigenvalue weighted by Crippen LogP contribution is -2.48. The number of para-hydroxylation sites is 1. The molecule has 0 aliphatic carbocycles. The van der Waals surface area contributed by atoms with Gasteiger partial charge in [0.15, 0.2) is 5.76 Å². The molecule has 5 rings (SSSR count). The van der Waals surface area contributed by atoms with Crippen molar-refractivity contribution in [1.29, 1.82) is 0 Å². The van der Waals surface area contributed by atoms with Crippen LogP contribution < -0.4 is 10.2 Å². The van der Waals surface area contributed by atoms with Crippen molar-refractivity contribution >= 4 is 57.4 Å². The Morgan fingerprint density at radius 1 is 0.853 bits per heavy atom. The molecule has 3 aromatic carbocycles. The van der Waals surface area contributed by atoms with Crippen LogP contribution in [0.4, 0.5) is 11.4 Å². The van der Waals surface area contributed by atoms with Crippen molar-refractivity contribution < 1.29 is 14.0 Å². The molecule has 1 N–H and O–H groups in total. The van der Waals surface area contributed by atoms with Gasteiger partial charge in [-0.15, -0.1) is 0 Å². The number of furan rings is 1. The first-order chi connectivity index (χ1) is 16.5. The number of benzene rings is 3. The molecule has 4 aromatic rings. The van der Waals surface area contributed by atoms with Crippen LogP contribution in [0.25, 0.3) is 11.0 Å². The average Bonchev–Trinajstić information content (AvgIpc) is 3.30. The molecule has 34 heavy (non-hydrogen) atoms. The third-order valence-electron chi connectivity index (χ3n) is 5.89.